The summed E-state index contributed by atoms with van der Waals surface area (Å²) in [6.45, 7) is 13.0. The van der Waals surface area contributed by atoms with Gasteiger partial charge in [-0.1, -0.05) is 19.1 Å². The number of benzene rings is 1. The highest BCUT2D eigenvalue weighted by Gasteiger charge is 2.22. The van der Waals surface area contributed by atoms with E-state index >= 15 is 0 Å². The average molecular weight is 366 g/mol. The molecule has 144 valence electrons. The topological polar surface area (TPSA) is 35.5 Å². The van der Waals surface area contributed by atoms with E-state index in [2.05, 4.69) is 64.7 Å². The summed E-state index contributed by atoms with van der Waals surface area (Å²) in [5.74, 6) is 2.79. The molecule has 0 N–H and O–H groups in total. The standard InChI is InChI=1S/C22H31N5/c1-17-8-11-27(12-9-17)22-23-10-7-21(24-22)26-15-13-25(14-16-26)20-6-4-5-18(2)19(20)3/h4-7,10,17H,8-9,11-16H2,1-3H3. The first-order chi connectivity index (χ1) is 13.1. The second-order valence-electron chi connectivity index (χ2n) is 8.08. The Kier molecular flexibility index (Phi) is 5.19. The molecule has 1 aromatic carbocycles. The third kappa shape index (κ3) is 3.87. The minimum Gasteiger partial charge on any atom is -0.368 e. The zero-order valence-electron chi connectivity index (χ0n) is 16.9. The van der Waals surface area contributed by atoms with Crippen molar-refractivity contribution in [2.45, 2.75) is 33.6 Å². The first-order valence-corrected chi connectivity index (χ1v) is 10.3. The van der Waals surface area contributed by atoms with E-state index in [1.165, 1.54) is 29.7 Å². The number of hydrogen-bond donors (Lipinski definition) is 0. The predicted molar refractivity (Wildman–Crippen MR) is 113 cm³/mol. The van der Waals surface area contributed by atoms with E-state index < -0.39 is 0 Å². The van der Waals surface area contributed by atoms with Gasteiger partial charge in [0, 0.05) is 51.2 Å². The molecule has 2 fully saturated rings. The van der Waals surface area contributed by atoms with Crippen LogP contribution in [0.1, 0.15) is 30.9 Å². The fraction of sp³-hybridized carbons (Fsp3) is 0.545. The molecule has 0 radical (unpaired) electrons. The Morgan fingerprint density at radius 1 is 0.852 bits per heavy atom. The van der Waals surface area contributed by atoms with Crippen LogP contribution >= 0.6 is 0 Å². The first-order valence-electron chi connectivity index (χ1n) is 10.3. The first kappa shape index (κ1) is 18.1. The smallest absolute Gasteiger partial charge is 0.227 e. The lowest BCUT2D eigenvalue weighted by Crippen LogP contribution is -2.47. The number of aromatic nitrogens is 2. The zero-order valence-corrected chi connectivity index (χ0v) is 16.9. The lowest BCUT2D eigenvalue weighted by Gasteiger charge is -2.38. The number of piperidine rings is 1. The largest absolute Gasteiger partial charge is 0.368 e. The fourth-order valence-corrected chi connectivity index (χ4v) is 4.13. The van der Waals surface area contributed by atoms with Gasteiger partial charge in [-0.25, -0.2) is 4.98 Å². The molecule has 5 heteroatoms. The van der Waals surface area contributed by atoms with Crippen LogP contribution in [0.2, 0.25) is 0 Å². The molecule has 4 rings (SSSR count). The Morgan fingerprint density at radius 2 is 1.56 bits per heavy atom. The highest BCUT2D eigenvalue weighted by molar-refractivity contribution is 5.57. The molecule has 0 atom stereocenters. The van der Waals surface area contributed by atoms with Crippen LogP contribution in [0.5, 0.6) is 0 Å². The normalized spacial score (nSPS) is 18.9. The molecule has 0 aliphatic carbocycles. The third-order valence-corrected chi connectivity index (χ3v) is 6.22. The Morgan fingerprint density at radius 3 is 2.30 bits per heavy atom. The maximum atomic E-state index is 4.90. The maximum Gasteiger partial charge on any atom is 0.227 e. The molecule has 2 aliphatic heterocycles. The summed E-state index contributed by atoms with van der Waals surface area (Å²) in [5, 5.41) is 0. The molecule has 5 nitrogen and oxygen atoms in total. The maximum absolute atomic E-state index is 4.90. The van der Waals surface area contributed by atoms with Crippen LogP contribution in [0.15, 0.2) is 30.5 Å². The second kappa shape index (κ2) is 7.75. The van der Waals surface area contributed by atoms with Crippen molar-refractivity contribution in [3.8, 4) is 0 Å². The Bertz CT molecular complexity index is 774. The van der Waals surface area contributed by atoms with E-state index in [-0.39, 0.29) is 0 Å². The summed E-state index contributed by atoms with van der Waals surface area (Å²) >= 11 is 0. The van der Waals surface area contributed by atoms with Crippen molar-refractivity contribution >= 4 is 17.5 Å². The molecular formula is C22H31N5. The van der Waals surface area contributed by atoms with Gasteiger partial charge in [0.25, 0.3) is 0 Å². The molecule has 27 heavy (non-hydrogen) atoms. The number of nitrogens with zero attached hydrogens (tertiary/aromatic N) is 5. The lowest BCUT2D eigenvalue weighted by atomic mass is 10.00. The molecule has 2 aromatic rings. The summed E-state index contributed by atoms with van der Waals surface area (Å²) < 4.78 is 0. The number of hydrogen-bond acceptors (Lipinski definition) is 5. The number of aryl methyl sites for hydroxylation is 1. The van der Waals surface area contributed by atoms with Crippen molar-refractivity contribution in [1.82, 2.24) is 9.97 Å². The monoisotopic (exact) mass is 365 g/mol. The van der Waals surface area contributed by atoms with Crippen LogP contribution in [0.3, 0.4) is 0 Å². The molecule has 0 unspecified atom stereocenters. The Hall–Kier alpha value is -2.30. The lowest BCUT2D eigenvalue weighted by molar-refractivity contribution is 0.434. The van der Waals surface area contributed by atoms with Crippen LogP contribution < -0.4 is 14.7 Å². The van der Waals surface area contributed by atoms with Crippen molar-refractivity contribution < 1.29 is 0 Å². The van der Waals surface area contributed by atoms with Crippen LogP contribution in [0.25, 0.3) is 0 Å². The highest BCUT2D eigenvalue weighted by atomic mass is 15.3. The van der Waals surface area contributed by atoms with Crippen molar-refractivity contribution in [1.29, 1.82) is 0 Å². The molecular weight excluding hydrogens is 334 g/mol. The minimum absolute atomic E-state index is 0.822. The number of anilines is 3. The van der Waals surface area contributed by atoms with Crippen LogP contribution in [-0.4, -0.2) is 49.2 Å². The molecule has 2 saturated heterocycles. The molecule has 1 aromatic heterocycles. The highest BCUT2D eigenvalue weighted by Crippen LogP contribution is 2.26. The van der Waals surface area contributed by atoms with Gasteiger partial charge in [-0.2, -0.15) is 4.98 Å². The fourth-order valence-electron chi connectivity index (χ4n) is 4.13. The summed E-state index contributed by atoms with van der Waals surface area (Å²) in [5.41, 5.74) is 4.14. The molecule has 0 saturated carbocycles. The molecule has 3 heterocycles. The van der Waals surface area contributed by atoms with Gasteiger partial charge in [0.05, 0.1) is 0 Å². The van der Waals surface area contributed by atoms with Gasteiger partial charge in [0.2, 0.25) is 5.95 Å². The Balaban J connectivity index is 1.42. The zero-order chi connectivity index (χ0) is 18.8. The van der Waals surface area contributed by atoms with Gasteiger partial charge in [0.1, 0.15) is 5.82 Å². The quantitative estimate of drug-likeness (QED) is 0.829. The average Bonchev–Trinajstić information content (AvgIpc) is 2.71. The van der Waals surface area contributed by atoms with Gasteiger partial charge in [-0.15, -0.1) is 0 Å². The molecule has 0 spiro atoms. The number of piperazine rings is 1. The van der Waals surface area contributed by atoms with Gasteiger partial charge < -0.3 is 14.7 Å². The van der Waals surface area contributed by atoms with E-state index in [4.69, 9.17) is 4.98 Å². The summed E-state index contributed by atoms with van der Waals surface area (Å²) in [4.78, 5) is 16.7. The van der Waals surface area contributed by atoms with Crippen molar-refractivity contribution in [3.63, 3.8) is 0 Å². The predicted octanol–water partition coefficient (Wildman–Crippen LogP) is 3.66. The van der Waals surface area contributed by atoms with Gasteiger partial charge in [-0.3, -0.25) is 0 Å². The minimum atomic E-state index is 0.822. The summed E-state index contributed by atoms with van der Waals surface area (Å²) in [6, 6.07) is 8.67. The second-order valence-corrected chi connectivity index (χ2v) is 8.08. The summed E-state index contributed by atoms with van der Waals surface area (Å²) in [6.07, 6.45) is 4.40. The van der Waals surface area contributed by atoms with Gasteiger partial charge in [-0.05, 0) is 55.9 Å². The van der Waals surface area contributed by atoms with Gasteiger partial charge in [0.15, 0.2) is 0 Å². The van der Waals surface area contributed by atoms with Crippen LogP contribution in [0.4, 0.5) is 17.5 Å². The van der Waals surface area contributed by atoms with Crippen molar-refractivity contribution in [2.24, 2.45) is 5.92 Å². The molecule has 0 amide bonds. The SMILES string of the molecule is Cc1cccc(N2CCN(c3ccnc(N4CCC(C)CC4)n3)CC2)c1C. The Labute approximate surface area is 163 Å². The van der Waals surface area contributed by atoms with Crippen LogP contribution in [-0.2, 0) is 0 Å². The van der Waals surface area contributed by atoms with Crippen LogP contribution in [0, 0.1) is 19.8 Å². The van der Waals surface area contributed by atoms with E-state index in [0.29, 0.717) is 0 Å². The van der Waals surface area contributed by atoms with E-state index in [1.54, 1.807) is 0 Å². The molecule has 2 aliphatic rings. The number of rotatable bonds is 3. The van der Waals surface area contributed by atoms with Gasteiger partial charge >= 0.3 is 0 Å². The summed E-state index contributed by atoms with van der Waals surface area (Å²) in [7, 11) is 0. The third-order valence-electron chi connectivity index (χ3n) is 6.22. The van der Waals surface area contributed by atoms with Crippen molar-refractivity contribution in [2.75, 3.05) is 54.0 Å². The molecule has 0 bridgehead atoms. The van der Waals surface area contributed by atoms with E-state index in [0.717, 1.165) is 57.0 Å². The van der Waals surface area contributed by atoms with E-state index in [1.807, 2.05) is 6.20 Å². The van der Waals surface area contributed by atoms with E-state index in [9.17, 15) is 0 Å². The van der Waals surface area contributed by atoms with Crippen molar-refractivity contribution in [3.05, 3.63) is 41.6 Å².